The summed E-state index contributed by atoms with van der Waals surface area (Å²) in [5.41, 5.74) is 35.9. The molecule has 0 bridgehead atoms. The number of piperidine rings is 1. The number of sulfonamides is 1. The molecule has 47 heteroatoms. The second-order valence-electron chi connectivity index (χ2n) is 38.1. The van der Waals surface area contributed by atoms with Gasteiger partial charge < -0.3 is 78.3 Å². The van der Waals surface area contributed by atoms with Crippen molar-refractivity contribution in [1.82, 2.24) is 122 Å². The Kier molecular flexibility index (Phi) is 38.7. The van der Waals surface area contributed by atoms with E-state index < -0.39 is 10.0 Å². The van der Waals surface area contributed by atoms with Crippen molar-refractivity contribution in [2.75, 3.05) is 193 Å². The van der Waals surface area contributed by atoms with Crippen molar-refractivity contribution >= 4 is 160 Å². The number of hydrazone groups is 6. The minimum absolute atomic E-state index is 0.416. The lowest BCUT2D eigenvalue weighted by Crippen LogP contribution is -2.57. The number of fused-ring (bicyclic) bond motifs is 7. The van der Waals surface area contributed by atoms with E-state index in [9.17, 15) is 8.42 Å². The van der Waals surface area contributed by atoms with Crippen LogP contribution in [0.2, 0.25) is 0 Å². The number of aryl methyl sites for hydroxylation is 6. The predicted octanol–water partition coefficient (Wildman–Crippen LogP) is 8.66. The van der Waals surface area contributed by atoms with Crippen LogP contribution in [0.25, 0.3) is 0 Å². The number of piperazine rings is 6. The summed E-state index contributed by atoms with van der Waals surface area (Å²) >= 11 is 33.0. The molecule has 4 atom stereocenters. The first-order valence-corrected chi connectivity index (χ1v) is 55.2. The van der Waals surface area contributed by atoms with Gasteiger partial charge in [-0.3, -0.25) is 72.3 Å². The summed E-state index contributed by atoms with van der Waals surface area (Å²) in [6, 6.07) is 23.6. The number of nitrogens with zero attached hydrogens (tertiary/aromatic N) is 24. The third-order valence-electron chi connectivity index (χ3n) is 27.2. The van der Waals surface area contributed by atoms with E-state index in [2.05, 4.69) is 174 Å². The molecule has 0 aromatic carbocycles. The van der Waals surface area contributed by atoms with Crippen LogP contribution in [0.1, 0.15) is 146 Å². The quantitative estimate of drug-likeness (QED) is 0.0494. The maximum atomic E-state index is 11.6. The van der Waals surface area contributed by atoms with E-state index in [4.69, 9.17) is 102 Å². The predicted molar refractivity (Wildman–Crippen MR) is 606 cm³/mol. The average Bonchev–Trinajstić information content (AvgIpc) is 0.820. The van der Waals surface area contributed by atoms with Crippen molar-refractivity contribution in [3.8, 4) is 34.5 Å². The zero-order valence-corrected chi connectivity index (χ0v) is 91.9. The van der Waals surface area contributed by atoms with Crippen LogP contribution in [0.5, 0.6) is 34.5 Å². The van der Waals surface area contributed by atoms with Gasteiger partial charge in [0.15, 0.2) is 30.7 Å². The van der Waals surface area contributed by atoms with Crippen molar-refractivity contribution in [3.63, 3.8) is 0 Å². The van der Waals surface area contributed by atoms with Gasteiger partial charge >= 0.3 is 0 Å². The zero-order valence-electron chi connectivity index (χ0n) is 86.2. The molecule has 13 aliphatic heterocycles. The van der Waals surface area contributed by atoms with Crippen molar-refractivity contribution in [2.24, 2.45) is 30.6 Å². The fourth-order valence-corrected chi connectivity index (χ4v) is 21.3. The number of hydrogen-bond acceptors (Lipinski definition) is 33. The van der Waals surface area contributed by atoms with Gasteiger partial charge in [-0.25, -0.2) is 13.4 Å². The van der Waals surface area contributed by atoms with E-state index in [1.54, 1.807) is 37.2 Å². The number of nitrogens with one attached hydrogen (secondary N) is 8. The largest absolute Gasteiger partial charge is 0.491 e. The molecule has 0 aliphatic carbocycles. The number of hydrogen-bond donors (Lipinski definition) is 8. The summed E-state index contributed by atoms with van der Waals surface area (Å²) in [6.45, 7) is 40.0. The highest BCUT2D eigenvalue weighted by Gasteiger charge is 2.35. The van der Waals surface area contributed by atoms with Crippen LogP contribution in [0.3, 0.4) is 0 Å². The van der Waals surface area contributed by atoms with Crippen LogP contribution >= 0.6 is 73.3 Å². The molecule has 2 unspecified atom stereocenters. The SMILES string of the molecule is Cc1ccnc2c1OCC/C2=N/NC(=S)N1CCN(S(C)(=O)=O)CC1.Cc1ccnc2c1OCC/C2=N/NC(=S)N1CCN(c2ccccn2)CC1.Cc1ccnc2c1OCC/C2=N/NC(=S)N1CCN(c2ccncc2)CC1.Cc1ccnc2c1OCC/C2=N/NC(=S)N1CCN2CCCCC2C1.Cc1ccnc2c1OCC/C2=N/NC(=S)N1CCNC(C)C1.Cc1ccnc2c1OCC/C2=N/NC(=S)N1C[C@@H](C)N[C@@H](C)C1. The Bertz CT molecular complexity index is 6220. The number of ether oxygens (including phenoxy) is 6. The molecule has 0 radical (unpaired) electrons. The van der Waals surface area contributed by atoms with Gasteiger partial charge in [-0.1, -0.05) is 12.5 Å². The number of rotatable bonds is 9. The van der Waals surface area contributed by atoms with Gasteiger partial charge in [0, 0.05) is 255 Å². The fourth-order valence-electron chi connectivity index (χ4n) is 19.1. The van der Waals surface area contributed by atoms with Crippen molar-refractivity contribution < 1.29 is 36.8 Å². The van der Waals surface area contributed by atoms with E-state index in [-0.39, 0.29) is 0 Å². The first-order chi connectivity index (χ1) is 72.2. The molecule has 40 nitrogen and oxygen atoms in total. The Balaban J connectivity index is 0.000000128. The molecule has 0 saturated carbocycles. The second-order valence-corrected chi connectivity index (χ2v) is 42.4. The Morgan fingerprint density at radius 3 is 1.01 bits per heavy atom. The molecule has 0 spiro atoms. The second kappa shape index (κ2) is 52.8. The maximum Gasteiger partial charge on any atom is 0.211 e. The fraction of sp³-hybridized carbons (Fsp3) is 0.490. The van der Waals surface area contributed by atoms with Crippen LogP contribution in [0.4, 0.5) is 11.5 Å². The van der Waals surface area contributed by atoms with Crippen molar-refractivity contribution in [2.45, 2.75) is 144 Å². The molecule has 21 heterocycles. The molecule has 13 aliphatic rings. The Morgan fingerprint density at radius 2 is 0.664 bits per heavy atom. The molecule has 0 amide bonds. The lowest BCUT2D eigenvalue weighted by atomic mass is 10.00. The lowest BCUT2D eigenvalue weighted by Gasteiger charge is -2.44. The molecule has 8 aromatic rings. The van der Waals surface area contributed by atoms with Gasteiger partial charge in [-0.05, 0) is 249 Å². The summed E-state index contributed by atoms with van der Waals surface area (Å²) in [5.74, 6) is 5.92. The summed E-state index contributed by atoms with van der Waals surface area (Å²) in [5, 5.41) is 37.8. The van der Waals surface area contributed by atoms with Gasteiger partial charge in [-0.15, -0.1) is 0 Å². The van der Waals surface area contributed by atoms with Gasteiger partial charge in [0.2, 0.25) is 10.0 Å². The number of anilines is 2. The van der Waals surface area contributed by atoms with E-state index in [1.165, 1.54) is 42.1 Å². The van der Waals surface area contributed by atoms with E-state index >= 15 is 0 Å². The highest BCUT2D eigenvalue weighted by atomic mass is 32.2. The van der Waals surface area contributed by atoms with Gasteiger partial charge in [0.1, 0.15) is 74.5 Å². The Hall–Kier alpha value is -12.4. The van der Waals surface area contributed by atoms with Gasteiger partial charge in [0.05, 0.1) is 80.2 Å². The molecule has 7 saturated heterocycles. The van der Waals surface area contributed by atoms with E-state index in [1.807, 2.05) is 132 Å². The summed E-state index contributed by atoms with van der Waals surface area (Å²) in [6.07, 6.45) is 25.6. The molecule has 7 fully saturated rings. The van der Waals surface area contributed by atoms with Crippen molar-refractivity contribution in [1.29, 1.82) is 0 Å². The molecule has 149 heavy (non-hydrogen) atoms. The standard InChI is InChI=1S/2C19H22N6OS.C18H25N5OS.C16H23N5OS.C15H21N5O3S2.C15H21N5OS/c1-14-2-8-21-17-16(5-13-26-18(14)17)22-23-19(27)25-11-9-24(10-12-25)15-3-6-20-7-4-15;1-14-5-8-21-17-15(6-13-26-18(14)17)22-23-19(27)25-11-9-24(10-12-25)16-4-2-3-7-20-16;1-13-5-7-19-16-15(6-11-24-17(13)16)20-21-18(25)23-10-9-22-8-3-2-4-14(22)12-23;1-10-4-6-17-14-13(5-7-22-15(10)14)19-20-16(23)21-8-11(2)18-12(3)9-21;1-11-3-5-16-13-12(4-10-23-14(11)13)17-18-15(24)19-6-8-20(9-7-19)25(2,21)22;1-10-3-5-17-13-12(4-8-21-14(10)13)18-19-15(22)20-7-6-16-11(2)9-20/h2-4,6-8H,5,9-13H2,1H3,(H,23,27);2-5,7-8H,6,9-13H2,1H3,(H,23,27);5,7,14H,2-4,6,8-12H2,1H3,(H,21,25);4,6,11-12,18H,5,7-9H2,1-3H3,(H,20,23);3,5H,4,6-10H2,1-2H3,(H,18,24);3,5,11,16H,4,6-9H2,1-2H3,(H,19,22)/b22-16-;22-15-;20-15-;19-13-;17-12-;18-12-/t;;;11-,12+;;. The number of aromatic nitrogens is 8. The molecule has 792 valence electrons. The van der Waals surface area contributed by atoms with Gasteiger partial charge in [0.25, 0.3) is 0 Å². The first-order valence-electron chi connectivity index (χ1n) is 50.9. The van der Waals surface area contributed by atoms with E-state index in [0.717, 1.165) is 278 Å². The maximum absolute atomic E-state index is 11.6. The number of pyridine rings is 8. The third kappa shape index (κ3) is 29.2. The molecule has 8 aromatic heterocycles. The molecule has 8 N–H and O–H groups in total. The highest BCUT2D eigenvalue weighted by molar-refractivity contribution is 7.88. The lowest BCUT2D eigenvalue weighted by molar-refractivity contribution is 0.0799. The molecule has 21 rings (SSSR count). The van der Waals surface area contributed by atoms with Gasteiger partial charge in [-0.2, -0.15) is 34.9 Å². The Morgan fingerprint density at radius 1 is 0.342 bits per heavy atom. The minimum Gasteiger partial charge on any atom is -0.491 e. The van der Waals surface area contributed by atoms with E-state index in [0.29, 0.717) is 128 Å². The van der Waals surface area contributed by atoms with Crippen LogP contribution in [0, 0.1) is 41.5 Å². The minimum atomic E-state index is -3.15. The van der Waals surface area contributed by atoms with Crippen molar-refractivity contribution in [3.05, 3.63) is 190 Å². The zero-order chi connectivity index (χ0) is 104. The third-order valence-corrected chi connectivity index (χ3v) is 30.6. The average molecular weight is 2160 g/mol. The number of thiocarbonyl (C=S) groups is 6. The summed E-state index contributed by atoms with van der Waals surface area (Å²) in [4.78, 5) is 55.0. The van der Waals surface area contributed by atoms with Crippen LogP contribution in [-0.2, 0) is 10.0 Å². The molecular formula is C102H134N32O8S7. The molecular weight excluding hydrogens is 2030 g/mol. The van der Waals surface area contributed by atoms with Crippen LogP contribution in [-0.4, -0.2) is 359 Å². The Labute approximate surface area is 904 Å². The summed E-state index contributed by atoms with van der Waals surface area (Å²) < 4.78 is 58.9. The highest BCUT2D eigenvalue weighted by Crippen LogP contribution is 2.34. The van der Waals surface area contributed by atoms with Crippen LogP contribution in [0.15, 0.2) is 153 Å². The normalized spacial score (nSPS) is 21.5. The summed E-state index contributed by atoms with van der Waals surface area (Å²) in [7, 11) is -3.15. The first kappa shape index (κ1) is 109. The smallest absolute Gasteiger partial charge is 0.211 e. The van der Waals surface area contributed by atoms with Crippen LogP contribution < -0.4 is 81.4 Å². The topological polar surface area (TPSA) is 395 Å². The monoisotopic (exact) mass is 2160 g/mol.